The molecule has 0 aliphatic carbocycles. The van der Waals surface area contributed by atoms with E-state index in [-0.39, 0.29) is 11.8 Å². The van der Waals surface area contributed by atoms with E-state index in [1.165, 1.54) is 5.56 Å². The van der Waals surface area contributed by atoms with Crippen molar-refractivity contribution < 1.29 is 9.84 Å². The Kier molecular flexibility index (Phi) is 7.99. The number of phenolic OH excluding ortho intramolecular Hbond substituents is 1. The second-order valence-corrected chi connectivity index (χ2v) is 6.61. The minimum absolute atomic E-state index is 0.194. The zero-order valence-electron chi connectivity index (χ0n) is 16.7. The summed E-state index contributed by atoms with van der Waals surface area (Å²) in [6.07, 6.45) is 0.641. The number of guanidine groups is 1. The van der Waals surface area contributed by atoms with Gasteiger partial charge in [0.15, 0.2) is 17.5 Å². The maximum absolute atomic E-state index is 10.2. The number of hydrogen-bond donors (Lipinski definition) is 3. The van der Waals surface area contributed by atoms with Gasteiger partial charge >= 0.3 is 0 Å². The molecule has 5 nitrogen and oxygen atoms in total. The summed E-state index contributed by atoms with van der Waals surface area (Å²) >= 11 is 0. The fourth-order valence-electron chi connectivity index (χ4n) is 2.93. The van der Waals surface area contributed by atoms with E-state index in [2.05, 4.69) is 60.7 Å². The van der Waals surface area contributed by atoms with Crippen LogP contribution in [0.3, 0.4) is 0 Å². The Balaban J connectivity index is 1.99. The normalized spacial score (nSPS) is 13.7. The standard InChI is InChI=1S/C22H31N3O2/c1-5-23-22(25-17(3)16(2)18-10-7-6-8-11-18)24-15-14-19-12-9-13-20(27-4)21(19)26/h6-13,16-17,26H,5,14-15H2,1-4H3,(H2,23,24,25). The predicted octanol–water partition coefficient (Wildman–Crippen LogP) is 3.69. The molecule has 2 unspecified atom stereocenters. The Hall–Kier alpha value is -2.69. The van der Waals surface area contributed by atoms with E-state index in [1.54, 1.807) is 13.2 Å². The first kappa shape index (κ1) is 20.6. The molecule has 0 bridgehead atoms. The monoisotopic (exact) mass is 369 g/mol. The lowest BCUT2D eigenvalue weighted by atomic mass is 9.94. The summed E-state index contributed by atoms with van der Waals surface area (Å²) in [5.41, 5.74) is 2.13. The van der Waals surface area contributed by atoms with Gasteiger partial charge in [0.05, 0.1) is 7.11 Å². The summed E-state index contributed by atoms with van der Waals surface area (Å²) in [5, 5.41) is 17.0. The van der Waals surface area contributed by atoms with Gasteiger partial charge in [0.25, 0.3) is 0 Å². The Bertz CT molecular complexity index is 732. The van der Waals surface area contributed by atoms with E-state index in [1.807, 2.05) is 18.2 Å². The third-order valence-electron chi connectivity index (χ3n) is 4.74. The largest absolute Gasteiger partial charge is 0.504 e. The fourth-order valence-corrected chi connectivity index (χ4v) is 2.93. The second-order valence-electron chi connectivity index (χ2n) is 6.61. The highest BCUT2D eigenvalue weighted by Gasteiger charge is 2.15. The highest BCUT2D eigenvalue weighted by Crippen LogP contribution is 2.29. The number of para-hydroxylation sites is 1. The predicted molar refractivity (Wildman–Crippen MR) is 112 cm³/mol. The highest BCUT2D eigenvalue weighted by atomic mass is 16.5. The lowest BCUT2D eigenvalue weighted by molar-refractivity contribution is 0.370. The smallest absolute Gasteiger partial charge is 0.191 e. The number of nitrogens with zero attached hydrogens (tertiary/aromatic N) is 1. The van der Waals surface area contributed by atoms with Gasteiger partial charge in [-0.05, 0) is 37.5 Å². The van der Waals surface area contributed by atoms with Crippen molar-refractivity contribution >= 4 is 5.96 Å². The van der Waals surface area contributed by atoms with Crippen LogP contribution in [0.15, 0.2) is 53.5 Å². The van der Waals surface area contributed by atoms with E-state index in [4.69, 9.17) is 4.74 Å². The molecule has 146 valence electrons. The number of phenols is 1. The van der Waals surface area contributed by atoms with Gasteiger partial charge in [-0.25, -0.2) is 0 Å². The van der Waals surface area contributed by atoms with E-state index in [0.717, 1.165) is 18.1 Å². The van der Waals surface area contributed by atoms with E-state index < -0.39 is 0 Å². The van der Waals surface area contributed by atoms with Crippen LogP contribution in [-0.4, -0.2) is 37.3 Å². The zero-order valence-corrected chi connectivity index (χ0v) is 16.7. The maximum atomic E-state index is 10.2. The number of aliphatic imine (C=N–C) groups is 1. The van der Waals surface area contributed by atoms with Crippen LogP contribution in [-0.2, 0) is 6.42 Å². The summed E-state index contributed by atoms with van der Waals surface area (Å²) < 4.78 is 5.16. The van der Waals surface area contributed by atoms with Crippen molar-refractivity contribution in [3.63, 3.8) is 0 Å². The first-order valence-electron chi connectivity index (χ1n) is 9.51. The Morgan fingerprint density at radius 2 is 1.85 bits per heavy atom. The molecule has 2 rings (SSSR count). The van der Waals surface area contributed by atoms with Crippen LogP contribution >= 0.6 is 0 Å². The van der Waals surface area contributed by atoms with Crippen molar-refractivity contribution in [2.75, 3.05) is 20.2 Å². The van der Waals surface area contributed by atoms with E-state index >= 15 is 0 Å². The van der Waals surface area contributed by atoms with Gasteiger partial charge in [-0.15, -0.1) is 0 Å². The van der Waals surface area contributed by atoms with Crippen LogP contribution in [0.1, 0.15) is 37.8 Å². The summed E-state index contributed by atoms with van der Waals surface area (Å²) in [6, 6.07) is 16.2. The number of methoxy groups -OCH3 is 1. The molecule has 0 aromatic heterocycles. The van der Waals surface area contributed by atoms with Gasteiger partial charge in [0.2, 0.25) is 0 Å². The molecule has 0 radical (unpaired) electrons. The fraction of sp³-hybridized carbons (Fsp3) is 0.409. The number of aromatic hydroxyl groups is 1. The molecule has 2 aromatic rings. The number of nitrogens with one attached hydrogen (secondary N) is 2. The minimum Gasteiger partial charge on any atom is -0.504 e. The Labute approximate surface area is 162 Å². The van der Waals surface area contributed by atoms with Crippen LogP contribution < -0.4 is 15.4 Å². The van der Waals surface area contributed by atoms with Crippen molar-refractivity contribution in [3.05, 3.63) is 59.7 Å². The molecular formula is C22H31N3O2. The summed E-state index contributed by atoms with van der Waals surface area (Å²) in [7, 11) is 1.56. The summed E-state index contributed by atoms with van der Waals surface area (Å²) in [5.74, 6) is 1.83. The number of hydrogen-bond acceptors (Lipinski definition) is 3. The molecule has 0 amide bonds. The van der Waals surface area contributed by atoms with E-state index in [9.17, 15) is 5.11 Å². The zero-order chi connectivity index (χ0) is 19.6. The molecule has 2 aromatic carbocycles. The first-order chi connectivity index (χ1) is 13.1. The molecular weight excluding hydrogens is 338 g/mol. The minimum atomic E-state index is 0.194. The molecule has 0 aliphatic rings. The Morgan fingerprint density at radius 3 is 2.52 bits per heavy atom. The topological polar surface area (TPSA) is 65.9 Å². The van der Waals surface area contributed by atoms with Gasteiger partial charge in [0, 0.05) is 25.0 Å². The average Bonchev–Trinajstić information content (AvgIpc) is 2.69. The highest BCUT2D eigenvalue weighted by molar-refractivity contribution is 5.80. The summed E-state index contributed by atoms with van der Waals surface area (Å²) in [6.45, 7) is 7.80. The lowest BCUT2D eigenvalue weighted by Gasteiger charge is -2.24. The third kappa shape index (κ3) is 5.91. The second kappa shape index (κ2) is 10.5. The van der Waals surface area contributed by atoms with Crippen molar-refractivity contribution in [2.45, 2.75) is 39.2 Å². The van der Waals surface area contributed by atoms with Crippen LogP contribution in [0.25, 0.3) is 0 Å². The van der Waals surface area contributed by atoms with Crippen molar-refractivity contribution in [2.24, 2.45) is 4.99 Å². The van der Waals surface area contributed by atoms with Crippen LogP contribution in [0.5, 0.6) is 11.5 Å². The maximum Gasteiger partial charge on any atom is 0.191 e. The number of ether oxygens (including phenoxy) is 1. The number of benzene rings is 2. The molecule has 27 heavy (non-hydrogen) atoms. The molecule has 5 heteroatoms. The van der Waals surface area contributed by atoms with Gasteiger partial charge in [-0.1, -0.05) is 49.4 Å². The van der Waals surface area contributed by atoms with Gasteiger partial charge in [-0.3, -0.25) is 4.99 Å². The molecule has 0 heterocycles. The third-order valence-corrected chi connectivity index (χ3v) is 4.74. The lowest BCUT2D eigenvalue weighted by Crippen LogP contribution is -2.44. The Morgan fingerprint density at radius 1 is 1.11 bits per heavy atom. The molecule has 0 spiro atoms. The van der Waals surface area contributed by atoms with Crippen LogP contribution in [0, 0.1) is 0 Å². The van der Waals surface area contributed by atoms with Gasteiger partial charge < -0.3 is 20.5 Å². The van der Waals surface area contributed by atoms with Crippen molar-refractivity contribution in [1.29, 1.82) is 0 Å². The van der Waals surface area contributed by atoms with E-state index in [0.29, 0.717) is 24.6 Å². The quantitative estimate of drug-likeness (QED) is 0.490. The van der Waals surface area contributed by atoms with Crippen LogP contribution in [0.4, 0.5) is 0 Å². The SMILES string of the molecule is CCNC(=NCCc1cccc(OC)c1O)NC(C)C(C)c1ccccc1. The summed E-state index contributed by atoms with van der Waals surface area (Å²) in [4.78, 5) is 4.66. The van der Waals surface area contributed by atoms with Crippen molar-refractivity contribution in [1.82, 2.24) is 10.6 Å². The number of rotatable bonds is 8. The van der Waals surface area contributed by atoms with Gasteiger partial charge in [0.1, 0.15) is 0 Å². The first-order valence-corrected chi connectivity index (χ1v) is 9.51. The molecule has 2 atom stereocenters. The van der Waals surface area contributed by atoms with Gasteiger partial charge in [-0.2, -0.15) is 0 Å². The molecule has 3 N–H and O–H groups in total. The van der Waals surface area contributed by atoms with Crippen molar-refractivity contribution in [3.8, 4) is 11.5 Å². The molecule has 0 fully saturated rings. The van der Waals surface area contributed by atoms with Crippen LogP contribution in [0.2, 0.25) is 0 Å². The molecule has 0 saturated heterocycles. The molecule has 0 aliphatic heterocycles. The average molecular weight is 370 g/mol. The molecule has 0 saturated carbocycles.